The van der Waals surface area contributed by atoms with Gasteiger partial charge in [0.2, 0.25) is 0 Å². The molecule has 1 atom stereocenters. The van der Waals surface area contributed by atoms with Crippen LogP contribution >= 0.6 is 0 Å². The monoisotopic (exact) mass is 331 g/mol. The number of hydrogen-bond donors (Lipinski definition) is 1. The van der Waals surface area contributed by atoms with Crippen molar-refractivity contribution in [3.05, 3.63) is 35.7 Å². The molecule has 24 heavy (non-hydrogen) atoms. The van der Waals surface area contributed by atoms with Gasteiger partial charge >= 0.3 is 0 Å². The second-order valence-electron chi connectivity index (χ2n) is 6.51. The molecular weight excluding hydrogens is 302 g/mol. The summed E-state index contributed by atoms with van der Waals surface area (Å²) in [5, 5.41) is 8.33. The Kier molecular flexibility index (Phi) is 5.68. The molecule has 0 radical (unpaired) electrons. The molecule has 1 saturated heterocycles. The number of aromatic nitrogens is 4. The zero-order valence-corrected chi connectivity index (χ0v) is 15.0. The summed E-state index contributed by atoms with van der Waals surface area (Å²) in [6.07, 6.45) is 9.24. The zero-order chi connectivity index (χ0) is 16.9. The van der Waals surface area contributed by atoms with Crippen LogP contribution in [0.2, 0.25) is 0 Å². The summed E-state index contributed by atoms with van der Waals surface area (Å²) in [5.74, 6) is 1.71. The Bertz CT molecular complexity index is 642. The van der Waals surface area contributed by atoms with E-state index in [1.165, 1.54) is 11.3 Å². The van der Waals surface area contributed by atoms with Crippen molar-refractivity contribution in [2.75, 3.05) is 13.2 Å². The minimum atomic E-state index is 0.258. The highest BCUT2D eigenvalue weighted by atomic mass is 16.5. The van der Waals surface area contributed by atoms with Crippen LogP contribution in [0.3, 0.4) is 0 Å². The van der Waals surface area contributed by atoms with Crippen LogP contribution in [0.15, 0.2) is 18.6 Å². The molecule has 2 aromatic rings. The molecule has 0 unspecified atom stereocenters. The van der Waals surface area contributed by atoms with Gasteiger partial charge in [0.15, 0.2) is 0 Å². The van der Waals surface area contributed by atoms with E-state index in [1.54, 1.807) is 0 Å². The minimum Gasteiger partial charge on any atom is -0.381 e. The second kappa shape index (κ2) is 7.94. The van der Waals surface area contributed by atoms with Crippen LogP contribution in [-0.4, -0.2) is 32.5 Å². The largest absolute Gasteiger partial charge is 0.381 e. The van der Waals surface area contributed by atoms with Crippen molar-refractivity contribution < 1.29 is 4.74 Å². The minimum absolute atomic E-state index is 0.258. The van der Waals surface area contributed by atoms with Gasteiger partial charge in [-0.25, -0.2) is 4.98 Å². The second-order valence-corrected chi connectivity index (χ2v) is 6.51. The summed E-state index contributed by atoms with van der Waals surface area (Å²) in [4.78, 5) is 4.66. The molecule has 1 fully saturated rings. The van der Waals surface area contributed by atoms with E-state index in [0.29, 0.717) is 5.92 Å². The van der Waals surface area contributed by atoms with Crippen LogP contribution in [0.4, 0.5) is 0 Å². The molecule has 6 heteroatoms. The van der Waals surface area contributed by atoms with E-state index >= 15 is 0 Å². The van der Waals surface area contributed by atoms with E-state index in [1.807, 2.05) is 17.9 Å². The molecule has 0 amide bonds. The van der Waals surface area contributed by atoms with Gasteiger partial charge in [-0.15, -0.1) is 0 Å². The quantitative estimate of drug-likeness (QED) is 0.847. The third-order valence-electron chi connectivity index (χ3n) is 4.94. The van der Waals surface area contributed by atoms with Crippen molar-refractivity contribution in [2.45, 2.75) is 52.2 Å². The van der Waals surface area contributed by atoms with E-state index in [2.05, 4.69) is 46.2 Å². The average molecular weight is 331 g/mol. The molecular formula is C18H29N5O. The highest BCUT2D eigenvalue weighted by Gasteiger charge is 2.28. The van der Waals surface area contributed by atoms with Crippen LogP contribution in [0.5, 0.6) is 0 Å². The predicted octanol–water partition coefficient (Wildman–Crippen LogP) is 2.46. The summed E-state index contributed by atoms with van der Waals surface area (Å²) in [6, 6.07) is 0.258. The van der Waals surface area contributed by atoms with Gasteiger partial charge in [0, 0.05) is 57.5 Å². The molecule has 1 aliphatic heterocycles. The molecule has 0 saturated carbocycles. The maximum absolute atomic E-state index is 5.56. The fourth-order valence-corrected chi connectivity index (χ4v) is 3.63. The normalized spacial score (nSPS) is 17.3. The maximum Gasteiger partial charge on any atom is 0.126 e. The van der Waals surface area contributed by atoms with Crippen molar-refractivity contribution in [1.82, 2.24) is 24.6 Å². The molecule has 0 aliphatic carbocycles. The lowest BCUT2D eigenvalue weighted by molar-refractivity contribution is 0.0517. The van der Waals surface area contributed by atoms with E-state index in [9.17, 15) is 0 Å². The number of nitrogens with zero attached hydrogens (tertiary/aromatic N) is 4. The van der Waals surface area contributed by atoms with Crippen LogP contribution < -0.4 is 5.32 Å². The molecule has 1 aliphatic rings. The van der Waals surface area contributed by atoms with Crippen LogP contribution in [0.1, 0.15) is 49.8 Å². The molecule has 6 nitrogen and oxygen atoms in total. The first-order valence-corrected chi connectivity index (χ1v) is 9.06. The van der Waals surface area contributed by atoms with Crippen molar-refractivity contribution in [3.63, 3.8) is 0 Å². The number of imidazole rings is 1. The third kappa shape index (κ3) is 3.70. The molecule has 132 valence electrons. The van der Waals surface area contributed by atoms with Crippen LogP contribution in [0, 0.1) is 5.92 Å². The highest BCUT2D eigenvalue weighted by molar-refractivity contribution is 5.17. The van der Waals surface area contributed by atoms with Crippen molar-refractivity contribution in [1.29, 1.82) is 0 Å². The Morgan fingerprint density at radius 3 is 2.83 bits per heavy atom. The van der Waals surface area contributed by atoms with Crippen molar-refractivity contribution in [3.8, 4) is 0 Å². The van der Waals surface area contributed by atoms with Gasteiger partial charge in [-0.05, 0) is 32.1 Å². The lowest BCUT2D eigenvalue weighted by atomic mass is 9.91. The predicted molar refractivity (Wildman–Crippen MR) is 93.6 cm³/mol. The standard InChI is InChI=1S/C18H29N5O/c1-4-16-15(13-22(3)21-16)12-20-17(14-6-10-24-11-7-14)18-19-8-9-23(18)5-2/h8-9,13-14,17,20H,4-7,10-12H2,1-3H3/t17-/m0/s1. The van der Waals surface area contributed by atoms with Gasteiger partial charge in [0.25, 0.3) is 0 Å². The highest BCUT2D eigenvalue weighted by Crippen LogP contribution is 2.30. The Balaban J connectivity index is 1.79. The van der Waals surface area contributed by atoms with E-state index in [4.69, 9.17) is 4.74 Å². The molecule has 3 heterocycles. The zero-order valence-electron chi connectivity index (χ0n) is 15.0. The summed E-state index contributed by atoms with van der Waals surface area (Å²) in [6.45, 7) is 7.80. The SMILES string of the molecule is CCc1nn(C)cc1CN[C@H](c1nccn1CC)C1CCOCC1. The lowest BCUT2D eigenvalue weighted by Gasteiger charge is -2.31. The van der Waals surface area contributed by atoms with Gasteiger partial charge in [0.1, 0.15) is 5.82 Å². The van der Waals surface area contributed by atoms with Gasteiger partial charge in [-0.3, -0.25) is 4.68 Å². The summed E-state index contributed by atoms with van der Waals surface area (Å²) in [7, 11) is 1.99. The first-order chi connectivity index (χ1) is 11.7. The number of ether oxygens (including phenoxy) is 1. The molecule has 0 bridgehead atoms. The van der Waals surface area contributed by atoms with E-state index in [-0.39, 0.29) is 6.04 Å². The molecule has 1 N–H and O–H groups in total. The Morgan fingerprint density at radius 1 is 1.33 bits per heavy atom. The summed E-state index contributed by atoms with van der Waals surface area (Å²) >= 11 is 0. The van der Waals surface area contributed by atoms with Crippen LogP contribution in [0.25, 0.3) is 0 Å². The maximum atomic E-state index is 5.56. The van der Waals surface area contributed by atoms with Gasteiger partial charge in [0.05, 0.1) is 11.7 Å². The summed E-state index contributed by atoms with van der Waals surface area (Å²) in [5.41, 5.74) is 2.46. The fourth-order valence-electron chi connectivity index (χ4n) is 3.63. The smallest absolute Gasteiger partial charge is 0.126 e. The van der Waals surface area contributed by atoms with Crippen molar-refractivity contribution in [2.24, 2.45) is 13.0 Å². The molecule has 3 rings (SSSR count). The number of nitrogens with one attached hydrogen (secondary N) is 1. The Labute approximate surface area is 144 Å². The Hall–Kier alpha value is -1.66. The molecule has 2 aromatic heterocycles. The molecule has 0 aromatic carbocycles. The first kappa shape index (κ1) is 17.2. The van der Waals surface area contributed by atoms with Gasteiger partial charge in [-0.1, -0.05) is 6.92 Å². The van der Waals surface area contributed by atoms with Gasteiger partial charge < -0.3 is 14.6 Å². The third-order valence-corrected chi connectivity index (χ3v) is 4.94. The number of hydrogen-bond acceptors (Lipinski definition) is 4. The fraction of sp³-hybridized carbons (Fsp3) is 0.667. The Morgan fingerprint density at radius 2 is 2.12 bits per heavy atom. The summed E-state index contributed by atoms with van der Waals surface area (Å²) < 4.78 is 9.71. The van der Waals surface area contributed by atoms with Crippen molar-refractivity contribution >= 4 is 0 Å². The average Bonchev–Trinajstić information content (AvgIpc) is 3.22. The number of aryl methyl sites for hydroxylation is 3. The lowest BCUT2D eigenvalue weighted by Crippen LogP contribution is -2.34. The van der Waals surface area contributed by atoms with Crippen LogP contribution in [-0.2, 0) is 31.3 Å². The molecule has 0 spiro atoms. The topological polar surface area (TPSA) is 56.9 Å². The van der Waals surface area contributed by atoms with E-state index < -0.39 is 0 Å². The first-order valence-electron chi connectivity index (χ1n) is 9.06. The number of rotatable bonds is 7. The van der Waals surface area contributed by atoms with Gasteiger partial charge in [-0.2, -0.15) is 5.10 Å². The van der Waals surface area contributed by atoms with E-state index in [0.717, 1.165) is 51.4 Å².